The van der Waals surface area contributed by atoms with Crippen LogP contribution >= 0.6 is 0 Å². The predicted octanol–water partition coefficient (Wildman–Crippen LogP) is 3.79. The van der Waals surface area contributed by atoms with E-state index in [1.807, 2.05) is 0 Å². The van der Waals surface area contributed by atoms with Gasteiger partial charge in [-0.3, -0.25) is 4.79 Å². The van der Waals surface area contributed by atoms with Crippen molar-refractivity contribution in [2.45, 2.75) is 51.0 Å². The van der Waals surface area contributed by atoms with Crippen molar-refractivity contribution < 1.29 is 9.53 Å². The quantitative estimate of drug-likeness (QED) is 0.766. The molecule has 0 bridgehead atoms. The van der Waals surface area contributed by atoms with E-state index in [-0.39, 0.29) is 16.9 Å². The van der Waals surface area contributed by atoms with Gasteiger partial charge in [-0.05, 0) is 24.0 Å². The highest BCUT2D eigenvalue weighted by atomic mass is 16.5. The van der Waals surface area contributed by atoms with Gasteiger partial charge in [-0.1, -0.05) is 38.1 Å². The minimum Gasteiger partial charge on any atom is -0.376 e. The van der Waals surface area contributed by atoms with Crippen LogP contribution in [0, 0.1) is 5.41 Å². The summed E-state index contributed by atoms with van der Waals surface area (Å²) in [4.78, 5) is 11.6. The standard InChI is InChI=1S/C17H22O2/c1-16(2)15(19-3)13-6-4-5-7-14(13)17(16)10-8-12(18)9-11-17/h4-7,15H,8-11H2,1-3H3. The first-order valence-electron chi connectivity index (χ1n) is 7.17. The van der Waals surface area contributed by atoms with Crippen LogP contribution in [0.3, 0.4) is 0 Å². The highest BCUT2D eigenvalue weighted by Gasteiger charge is 2.58. The molecule has 102 valence electrons. The summed E-state index contributed by atoms with van der Waals surface area (Å²) in [7, 11) is 1.80. The first-order valence-corrected chi connectivity index (χ1v) is 7.17. The maximum absolute atomic E-state index is 11.6. The van der Waals surface area contributed by atoms with E-state index in [1.165, 1.54) is 11.1 Å². The van der Waals surface area contributed by atoms with E-state index < -0.39 is 0 Å². The molecule has 1 unspecified atom stereocenters. The summed E-state index contributed by atoms with van der Waals surface area (Å²) < 4.78 is 5.82. The number of hydrogen-bond donors (Lipinski definition) is 0. The number of methoxy groups -OCH3 is 1. The molecule has 2 aliphatic carbocycles. The van der Waals surface area contributed by atoms with Crippen LogP contribution in [0.4, 0.5) is 0 Å². The fourth-order valence-electron chi connectivity index (χ4n) is 4.44. The van der Waals surface area contributed by atoms with E-state index >= 15 is 0 Å². The zero-order valence-corrected chi connectivity index (χ0v) is 12.0. The molecule has 0 aliphatic heterocycles. The molecule has 0 radical (unpaired) electrons. The first-order chi connectivity index (χ1) is 9.03. The number of benzene rings is 1. The highest BCUT2D eigenvalue weighted by molar-refractivity contribution is 5.80. The van der Waals surface area contributed by atoms with Crippen LogP contribution in [0.5, 0.6) is 0 Å². The van der Waals surface area contributed by atoms with E-state index in [1.54, 1.807) is 7.11 Å². The van der Waals surface area contributed by atoms with Crippen molar-refractivity contribution in [1.29, 1.82) is 0 Å². The van der Waals surface area contributed by atoms with Crippen LogP contribution in [0.2, 0.25) is 0 Å². The number of rotatable bonds is 1. The second-order valence-corrected chi connectivity index (χ2v) is 6.55. The lowest BCUT2D eigenvalue weighted by Gasteiger charge is -2.46. The average Bonchev–Trinajstić information content (AvgIpc) is 2.58. The number of ketones is 1. The van der Waals surface area contributed by atoms with Crippen LogP contribution < -0.4 is 0 Å². The molecule has 0 heterocycles. The summed E-state index contributed by atoms with van der Waals surface area (Å²) >= 11 is 0. The minimum atomic E-state index is 0.0478. The van der Waals surface area contributed by atoms with Crippen molar-refractivity contribution in [1.82, 2.24) is 0 Å². The zero-order chi connectivity index (χ0) is 13.7. The Hall–Kier alpha value is -1.15. The van der Waals surface area contributed by atoms with Crippen LogP contribution in [0.1, 0.15) is 56.8 Å². The molecular formula is C17H22O2. The van der Waals surface area contributed by atoms with Gasteiger partial charge >= 0.3 is 0 Å². The average molecular weight is 258 g/mol. The van der Waals surface area contributed by atoms with Crippen LogP contribution in [0.25, 0.3) is 0 Å². The number of ether oxygens (including phenoxy) is 1. The summed E-state index contributed by atoms with van der Waals surface area (Å²) in [6, 6.07) is 8.64. The van der Waals surface area contributed by atoms with Gasteiger partial charge in [0, 0.05) is 30.8 Å². The molecule has 0 amide bonds. The lowest BCUT2D eigenvalue weighted by Crippen LogP contribution is -2.43. The Bertz CT molecular complexity index is 506. The lowest BCUT2D eigenvalue weighted by atomic mass is 9.58. The van der Waals surface area contributed by atoms with E-state index in [2.05, 4.69) is 38.1 Å². The van der Waals surface area contributed by atoms with Gasteiger partial charge in [-0.25, -0.2) is 0 Å². The second kappa shape index (κ2) is 4.17. The third-order valence-electron chi connectivity index (χ3n) is 5.54. The number of fused-ring (bicyclic) bond motifs is 2. The molecule has 19 heavy (non-hydrogen) atoms. The Balaban J connectivity index is 2.15. The largest absolute Gasteiger partial charge is 0.376 e. The summed E-state index contributed by atoms with van der Waals surface area (Å²) in [5.74, 6) is 0.416. The normalized spacial score (nSPS) is 27.5. The Morgan fingerprint density at radius 3 is 2.42 bits per heavy atom. The van der Waals surface area contributed by atoms with Crippen LogP contribution in [-0.2, 0) is 14.9 Å². The topological polar surface area (TPSA) is 26.3 Å². The molecule has 1 aromatic carbocycles. The first kappa shape index (κ1) is 12.9. The third kappa shape index (κ3) is 1.56. The number of hydrogen-bond acceptors (Lipinski definition) is 2. The van der Waals surface area contributed by atoms with E-state index in [4.69, 9.17) is 4.74 Å². The maximum Gasteiger partial charge on any atom is 0.132 e. The SMILES string of the molecule is COC1c2ccccc2C2(CCC(=O)CC2)C1(C)C. The van der Waals surface area contributed by atoms with Crippen molar-refractivity contribution >= 4 is 5.78 Å². The Labute approximate surface area is 115 Å². The molecule has 2 aliphatic rings. The Morgan fingerprint density at radius 2 is 1.79 bits per heavy atom. The molecule has 2 nitrogen and oxygen atoms in total. The third-order valence-corrected chi connectivity index (χ3v) is 5.54. The molecule has 3 rings (SSSR count). The predicted molar refractivity (Wildman–Crippen MR) is 75.1 cm³/mol. The number of Topliss-reactive ketones (excluding diaryl/α,β-unsaturated/α-hetero) is 1. The van der Waals surface area contributed by atoms with E-state index in [0.717, 1.165) is 12.8 Å². The van der Waals surface area contributed by atoms with Crippen LogP contribution in [-0.4, -0.2) is 12.9 Å². The number of carbonyl (C=O) groups is 1. The highest BCUT2D eigenvalue weighted by Crippen LogP contribution is 2.63. The molecule has 0 N–H and O–H groups in total. The summed E-state index contributed by atoms with van der Waals surface area (Å²) in [5.41, 5.74) is 2.90. The fraction of sp³-hybridized carbons (Fsp3) is 0.588. The fourth-order valence-corrected chi connectivity index (χ4v) is 4.44. The summed E-state index contributed by atoms with van der Waals surface area (Å²) in [6.45, 7) is 4.61. The monoisotopic (exact) mass is 258 g/mol. The summed E-state index contributed by atoms with van der Waals surface area (Å²) in [5, 5.41) is 0. The van der Waals surface area contributed by atoms with Crippen LogP contribution in [0.15, 0.2) is 24.3 Å². The van der Waals surface area contributed by atoms with Gasteiger partial charge in [-0.15, -0.1) is 0 Å². The van der Waals surface area contributed by atoms with E-state index in [9.17, 15) is 4.79 Å². The van der Waals surface area contributed by atoms with E-state index in [0.29, 0.717) is 18.6 Å². The van der Waals surface area contributed by atoms with Crippen molar-refractivity contribution in [3.05, 3.63) is 35.4 Å². The molecule has 1 saturated carbocycles. The van der Waals surface area contributed by atoms with Gasteiger partial charge in [0.25, 0.3) is 0 Å². The molecule has 1 atom stereocenters. The second-order valence-electron chi connectivity index (χ2n) is 6.55. The van der Waals surface area contributed by atoms with Crippen molar-refractivity contribution in [2.24, 2.45) is 5.41 Å². The molecule has 2 heteroatoms. The molecule has 0 aromatic heterocycles. The van der Waals surface area contributed by atoms with Crippen molar-refractivity contribution in [3.8, 4) is 0 Å². The van der Waals surface area contributed by atoms with Crippen molar-refractivity contribution in [2.75, 3.05) is 7.11 Å². The van der Waals surface area contributed by atoms with Gasteiger partial charge in [0.15, 0.2) is 0 Å². The zero-order valence-electron chi connectivity index (χ0n) is 12.0. The molecule has 1 fully saturated rings. The summed E-state index contributed by atoms with van der Waals surface area (Å²) in [6.07, 6.45) is 3.50. The smallest absolute Gasteiger partial charge is 0.132 e. The number of carbonyl (C=O) groups excluding carboxylic acids is 1. The lowest BCUT2D eigenvalue weighted by molar-refractivity contribution is -0.123. The maximum atomic E-state index is 11.6. The molecule has 0 saturated heterocycles. The van der Waals surface area contributed by atoms with Gasteiger partial charge in [0.1, 0.15) is 5.78 Å². The molecular weight excluding hydrogens is 236 g/mol. The molecule has 1 aromatic rings. The Kier molecular flexibility index (Phi) is 2.82. The van der Waals surface area contributed by atoms with Gasteiger partial charge in [-0.2, -0.15) is 0 Å². The molecule has 1 spiro atoms. The van der Waals surface area contributed by atoms with Gasteiger partial charge < -0.3 is 4.74 Å². The van der Waals surface area contributed by atoms with Gasteiger partial charge in [0.2, 0.25) is 0 Å². The Morgan fingerprint density at radius 1 is 1.16 bits per heavy atom. The van der Waals surface area contributed by atoms with Gasteiger partial charge in [0.05, 0.1) is 6.10 Å². The minimum absolute atomic E-state index is 0.0478. The van der Waals surface area contributed by atoms with Crippen molar-refractivity contribution in [3.63, 3.8) is 0 Å².